The Morgan fingerprint density at radius 1 is 1.20 bits per heavy atom. The number of carbonyl (C=O) groups is 3. The van der Waals surface area contributed by atoms with E-state index in [1.807, 2.05) is 6.07 Å². The first-order valence-corrected chi connectivity index (χ1v) is 7.65. The van der Waals surface area contributed by atoms with E-state index >= 15 is 0 Å². The molecule has 0 unspecified atom stereocenters. The summed E-state index contributed by atoms with van der Waals surface area (Å²) in [7, 11) is 0. The number of amides is 1. The molecule has 0 spiro atoms. The average Bonchev–Trinajstić information content (AvgIpc) is 2.93. The topological polar surface area (TPSA) is 96.3 Å². The fourth-order valence-corrected chi connectivity index (χ4v) is 2.60. The van der Waals surface area contributed by atoms with Crippen molar-refractivity contribution in [2.24, 2.45) is 0 Å². The number of carbonyl (C=O) groups excluding carboxylic acids is 3. The van der Waals surface area contributed by atoms with Crippen LogP contribution in [0.5, 0.6) is 0 Å². The van der Waals surface area contributed by atoms with Gasteiger partial charge in [0.2, 0.25) is 5.91 Å². The Hall–Kier alpha value is -3.46. The van der Waals surface area contributed by atoms with Gasteiger partial charge in [-0.25, -0.2) is 4.79 Å². The van der Waals surface area contributed by atoms with Gasteiger partial charge in [0, 0.05) is 11.3 Å². The Morgan fingerprint density at radius 3 is 2.76 bits per heavy atom. The Kier molecular flexibility index (Phi) is 4.31. The summed E-state index contributed by atoms with van der Waals surface area (Å²) in [5.41, 5.74) is 2.37. The quantitative estimate of drug-likeness (QED) is 0.685. The molecule has 0 fully saturated rings. The highest BCUT2D eigenvalue weighted by Gasteiger charge is 2.27. The zero-order valence-electron chi connectivity index (χ0n) is 13.4. The molecule has 1 atom stereocenters. The van der Waals surface area contributed by atoms with Crippen LogP contribution in [-0.2, 0) is 9.53 Å². The number of esters is 1. The van der Waals surface area contributed by atoms with E-state index in [9.17, 15) is 14.4 Å². The first-order chi connectivity index (χ1) is 12.0. The third-order valence-electron chi connectivity index (χ3n) is 4.05. The molecule has 0 saturated carbocycles. The molecule has 2 aromatic carbocycles. The standard InChI is InChI=1S/C19H14N2O4/c1-11-15-8-13(5-6-16(15)21-18(11)23)17(22)10-25-19(24)14-4-2-3-12(7-14)9-20/h2-8,11H,10H2,1H3,(H,21,23)/t11-/m0/s1. The number of nitrogens with one attached hydrogen (secondary N) is 1. The molecule has 0 aromatic heterocycles. The van der Waals surface area contributed by atoms with Crippen molar-refractivity contribution in [1.82, 2.24) is 0 Å². The normalized spacial score (nSPS) is 15.0. The lowest BCUT2D eigenvalue weighted by Gasteiger charge is -2.07. The van der Waals surface area contributed by atoms with Crippen molar-refractivity contribution in [2.45, 2.75) is 12.8 Å². The fourth-order valence-electron chi connectivity index (χ4n) is 2.60. The third kappa shape index (κ3) is 3.26. The zero-order chi connectivity index (χ0) is 18.0. The summed E-state index contributed by atoms with van der Waals surface area (Å²) >= 11 is 0. The van der Waals surface area contributed by atoms with Gasteiger partial charge < -0.3 is 10.1 Å². The summed E-state index contributed by atoms with van der Waals surface area (Å²) in [6.45, 7) is 1.35. The maximum atomic E-state index is 12.3. The van der Waals surface area contributed by atoms with E-state index in [1.54, 1.807) is 37.3 Å². The summed E-state index contributed by atoms with van der Waals surface area (Å²) in [4.78, 5) is 35.9. The van der Waals surface area contributed by atoms with E-state index in [-0.39, 0.29) is 23.2 Å². The van der Waals surface area contributed by atoms with Gasteiger partial charge in [0.05, 0.1) is 23.1 Å². The predicted octanol–water partition coefficient (Wildman–Crippen LogP) is 2.65. The van der Waals surface area contributed by atoms with Gasteiger partial charge in [-0.1, -0.05) is 6.07 Å². The van der Waals surface area contributed by atoms with Gasteiger partial charge >= 0.3 is 5.97 Å². The Bertz CT molecular complexity index is 927. The van der Waals surface area contributed by atoms with Crippen molar-refractivity contribution >= 4 is 23.3 Å². The average molecular weight is 334 g/mol. The number of ether oxygens (including phenoxy) is 1. The van der Waals surface area contributed by atoms with Gasteiger partial charge in [-0.05, 0) is 48.9 Å². The van der Waals surface area contributed by atoms with E-state index in [1.165, 1.54) is 12.1 Å². The van der Waals surface area contributed by atoms with Crippen molar-refractivity contribution < 1.29 is 19.1 Å². The molecule has 0 aliphatic carbocycles. The largest absolute Gasteiger partial charge is 0.454 e. The molecule has 0 saturated heterocycles. The maximum absolute atomic E-state index is 12.3. The van der Waals surface area contributed by atoms with E-state index in [0.717, 1.165) is 5.56 Å². The highest BCUT2D eigenvalue weighted by atomic mass is 16.5. The van der Waals surface area contributed by atoms with Crippen molar-refractivity contribution in [3.63, 3.8) is 0 Å². The van der Waals surface area contributed by atoms with Crippen molar-refractivity contribution in [1.29, 1.82) is 5.26 Å². The number of rotatable bonds is 4. The maximum Gasteiger partial charge on any atom is 0.338 e. The molecule has 6 nitrogen and oxygen atoms in total. The molecule has 6 heteroatoms. The van der Waals surface area contributed by atoms with Crippen LogP contribution in [0.3, 0.4) is 0 Å². The number of ketones is 1. The molecular weight excluding hydrogens is 320 g/mol. The van der Waals surface area contributed by atoms with Crippen LogP contribution >= 0.6 is 0 Å². The number of nitriles is 1. The van der Waals surface area contributed by atoms with Crippen LogP contribution in [0.1, 0.15) is 44.7 Å². The third-order valence-corrected chi connectivity index (χ3v) is 4.05. The lowest BCUT2D eigenvalue weighted by Crippen LogP contribution is -2.14. The number of Topliss-reactive ketones (excluding diaryl/α,β-unsaturated/α-hetero) is 1. The molecule has 124 valence electrons. The van der Waals surface area contributed by atoms with Crippen molar-refractivity contribution in [3.8, 4) is 6.07 Å². The first-order valence-electron chi connectivity index (χ1n) is 7.65. The Labute approximate surface area is 144 Å². The molecule has 1 N–H and O–H groups in total. The summed E-state index contributed by atoms with van der Waals surface area (Å²) in [6.07, 6.45) is 0. The zero-order valence-corrected chi connectivity index (χ0v) is 13.4. The van der Waals surface area contributed by atoms with Crippen LogP contribution < -0.4 is 5.32 Å². The molecule has 3 rings (SSSR count). The van der Waals surface area contributed by atoms with Gasteiger partial charge in [0.25, 0.3) is 0 Å². The Morgan fingerprint density at radius 2 is 2.00 bits per heavy atom. The molecule has 1 aliphatic heterocycles. The summed E-state index contributed by atoms with van der Waals surface area (Å²) in [5, 5.41) is 11.6. The number of nitrogens with zero attached hydrogens (tertiary/aromatic N) is 1. The lowest BCUT2D eigenvalue weighted by atomic mass is 9.99. The minimum atomic E-state index is -0.670. The number of hydrogen-bond donors (Lipinski definition) is 1. The summed E-state index contributed by atoms with van der Waals surface area (Å²) in [5.74, 6) is -1.46. The minimum absolute atomic E-state index is 0.108. The number of fused-ring (bicyclic) bond motifs is 1. The number of hydrogen-bond acceptors (Lipinski definition) is 5. The monoisotopic (exact) mass is 334 g/mol. The van der Waals surface area contributed by atoms with Gasteiger partial charge in [0.1, 0.15) is 0 Å². The van der Waals surface area contributed by atoms with Gasteiger partial charge in [-0.3, -0.25) is 9.59 Å². The highest BCUT2D eigenvalue weighted by Crippen LogP contribution is 2.32. The van der Waals surface area contributed by atoms with Gasteiger partial charge in [0.15, 0.2) is 12.4 Å². The van der Waals surface area contributed by atoms with Gasteiger partial charge in [-0.2, -0.15) is 5.26 Å². The fraction of sp³-hybridized carbons (Fsp3) is 0.158. The van der Waals surface area contributed by atoms with Crippen LogP contribution in [0.15, 0.2) is 42.5 Å². The van der Waals surface area contributed by atoms with Crippen LogP contribution in [0.2, 0.25) is 0 Å². The van der Waals surface area contributed by atoms with E-state index < -0.39 is 12.6 Å². The predicted molar refractivity (Wildman–Crippen MR) is 89.3 cm³/mol. The summed E-state index contributed by atoms with van der Waals surface area (Å²) in [6, 6.07) is 12.9. The molecular formula is C19H14N2O4. The molecule has 25 heavy (non-hydrogen) atoms. The van der Waals surface area contributed by atoms with E-state index in [2.05, 4.69) is 5.32 Å². The van der Waals surface area contributed by atoms with E-state index in [4.69, 9.17) is 10.00 Å². The van der Waals surface area contributed by atoms with Gasteiger partial charge in [-0.15, -0.1) is 0 Å². The molecule has 0 bridgehead atoms. The molecule has 1 heterocycles. The highest BCUT2D eigenvalue weighted by molar-refractivity contribution is 6.05. The van der Waals surface area contributed by atoms with E-state index in [0.29, 0.717) is 16.8 Å². The van der Waals surface area contributed by atoms with Crippen LogP contribution in [0.25, 0.3) is 0 Å². The molecule has 2 aromatic rings. The second kappa shape index (κ2) is 6.57. The molecule has 1 aliphatic rings. The van der Waals surface area contributed by atoms with Crippen molar-refractivity contribution in [3.05, 3.63) is 64.7 Å². The second-order valence-electron chi connectivity index (χ2n) is 5.70. The molecule has 1 amide bonds. The first kappa shape index (κ1) is 16.4. The van der Waals surface area contributed by atoms with Crippen LogP contribution in [0, 0.1) is 11.3 Å². The number of benzene rings is 2. The SMILES string of the molecule is C[C@@H]1C(=O)Nc2ccc(C(=O)COC(=O)c3cccc(C#N)c3)cc21. The van der Waals surface area contributed by atoms with Crippen LogP contribution in [0.4, 0.5) is 5.69 Å². The van der Waals surface area contributed by atoms with Crippen molar-refractivity contribution in [2.75, 3.05) is 11.9 Å². The minimum Gasteiger partial charge on any atom is -0.454 e. The number of anilines is 1. The molecule has 0 radical (unpaired) electrons. The second-order valence-corrected chi connectivity index (χ2v) is 5.70. The smallest absolute Gasteiger partial charge is 0.338 e. The Balaban J connectivity index is 1.68. The summed E-state index contributed by atoms with van der Waals surface area (Å²) < 4.78 is 5.03. The van der Waals surface area contributed by atoms with Crippen LogP contribution in [-0.4, -0.2) is 24.3 Å². The lowest BCUT2D eigenvalue weighted by molar-refractivity contribution is -0.116.